The Morgan fingerprint density at radius 2 is 1.52 bits per heavy atom. The van der Waals surface area contributed by atoms with E-state index in [-0.39, 0.29) is 5.91 Å². The topological polar surface area (TPSA) is 42.0 Å². The minimum absolute atomic E-state index is 0.110. The SMILES string of the molecule is O=C(Nc1ccc(-c2ccccn2)cc1)c1ccccc1. The van der Waals surface area contributed by atoms with Crippen molar-refractivity contribution in [3.63, 3.8) is 0 Å². The molecule has 3 nitrogen and oxygen atoms in total. The summed E-state index contributed by atoms with van der Waals surface area (Å²) in [5, 5.41) is 2.88. The molecule has 2 aromatic carbocycles. The highest BCUT2D eigenvalue weighted by Crippen LogP contribution is 2.19. The number of hydrogen-bond donors (Lipinski definition) is 1. The van der Waals surface area contributed by atoms with Gasteiger partial charge in [0.2, 0.25) is 0 Å². The normalized spacial score (nSPS) is 10.1. The van der Waals surface area contributed by atoms with Crippen LogP contribution in [0, 0.1) is 0 Å². The second-order valence-corrected chi connectivity index (χ2v) is 4.61. The predicted molar refractivity (Wildman–Crippen MR) is 84.1 cm³/mol. The number of hydrogen-bond acceptors (Lipinski definition) is 2. The molecule has 0 aliphatic heterocycles. The molecule has 0 atom stereocenters. The fraction of sp³-hybridized carbons (Fsp3) is 0. The maximum absolute atomic E-state index is 12.0. The smallest absolute Gasteiger partial charge is 0.255 e. The van der Waals surface area contributed by atoms with Gasteiger partial charge >= 0.3 is 0 Å². The van der Waals surface area contributed by atoms with Crippen molar-refractivity contribution >= 4 is 11.6 Å². The van der Waals surface area contributed by atoms with E-state index in [0.717, 1.165) is 16.9 Å². The van der Waals surface area contributed by atoms with Gasteiger partial charge in [-0.15, -0.1) is 0 Å². The molecule has 102 valence electrons. The Kier molecular flexibility index (Phi) is 3.74. The summed E-state index contributed by atoms with van der Waals surface area (Å²) >= 11 is 0. The van der Waals surface area contributed by atoms with Crippen molar-refractivity contribution in [3.05, 3.63) is 84.6 Å². The number of nitrogens with one attached hydrogen (secondary N) is 1. The lowest BCUT2D eigenvalue weighted by Gasteiger charge is -2.06. The summed E-state index contributed by atoms with van der Waals surface area (Å²) < 4.78 is 0. The van der Waals surface area contributed by atoms with Crippen molar-refractivity contribution in [3.8, 4) is 11.3 Å². The summed E-state index contributed by atoms with van der Waals surface area (Å²) in [5.41, 5.74) is 3.35. The lowest BCUT2D eigenvalue weighted by molar-refractivity contribution is 0.102. The average molecular weight is 274 g/mol. The number of rotatable bonds is 3. The van der Waals surface area contributed by atoms with Crippen molar-refractivity contribution in [2.45, 2.75) is 0 Å². The zero-order valence-electron chi connectivity index (χ0n) is 11.4. The molecule has 3 rings (SSSR count). The Hall–Kier alpha value is -2.94. The molecule has 1 amide bonds. The van der Waals surface area contributed by atoms with Gasteiger partial charge in [-0.3, -0.25) is 9.78 Å². The van der Waals surface area contributed by atoms with Crippen LogP contribution >= 0.6 is 0 Å². The van der Waals surface area contributed by atoms with E-state index in [9.17, 15) is 4.79 Å². The van der Waals surface area contributed by atoms with Crippen molar-refractivity contribution in [2.24, 2.45) is 0 Å². The molecule has 3 heteroatoms. The molecule has 3 aromatic rings. The number of nitrogens with zero attached hydrogens (tertiary/aromatic N) is 1. The van der Waals surface area contributed by atoms with E-state index >= 15 is 0 Å². The fourth-order valence-electron chi connectivity index (χ4n) is 2.05. The van der Waals surface area contributed by atoms with Crippen LogP contribution in [0.2, 0.25) is 0 Å². The number of anilines is 1. The number of pyridine rings is 1. The lowest BCUT2D eigenvalue weighted by atomic mass is 10.1. The largest absolute Gasteiger partial charge is 0.322 e. The minimum atomic E-state index is -0.110. The zero-order valence-corrected chi connectivity index (χ0v) is 11.4. The summed E-state index contributed by atoms with van der Waals surface area (Å²) in [5.74, 6) is -0.110. The first-order valence-electron chi connectivity index (χ1n) is 6.71. The van der Waals surface area contributed by atoms with Crippen molar-refractivity contribution < 1.29 is 4.79 Å². The molecule has 0 aliphatic rings. The van der Waals surface area contributed by atoms with Gasteiger partial charge in [-0.1, -0.05) is 36.4 Å². The van der Waals surface area contributed by atoms with Crippen LogP contribution in [0.25, 0.3) is 11.3 Å². The van der Waals surface area contributed by atoms with E-state index in [4.69, 9.17) is 0 Å². The fourth-order valence-corrected chi connectivity index (χ4v) is 2.05. The van der Waals surface area contributed by atoms with Crippen LogP contribution in [0.5, 0.6) is 0 Å². The first-order valence-corrected chi connectivity index (χ1v) is 6.71. The van der Waals surface area contributed by atoms with Crippen LogP contribution in [-0.4, -0.2) is 10.9 Å². The Morgan fingerprint density at radius 1 is 0.810 bits per heavy atom. The van der Waals surface area contributed by atoms with Gasteiger partial charge in [0.25, 0.3) is 5.91 Å². The highest BCUT2D eigenvalue weighted by atomic mass is 16.1. The standard InChI is InChI=1S/C18H14N2O/c21-18(15-6-2-1-3-7-15)20-16-11-9-14(10-12-16)17-8-4-5-13-19-17/h1-13H,(H,20,21). The van der Waals surface area contributed by atoms with Gasteiger partial charge < -0.3 is 5.32 Å². The van der Waals surface area contributed by atoms with Crippen LogP contribution in [0.1, 0.15) is 10.4 Å². The molecule has 0 radical (unpaired) electrons. The molecule has 1 heterocycles. The number of carbonyl (C=O) groups is 1. The summed E-state index contributed by atoms with van der Waals surface area (Å²) in [4.78, 5) is 16.3. The van der Waals surface area contributed by atoms with Crippen molar-refractivity contribution in [2.75, 3.05) is 5.32 Å². The molecule has 0 bridgehead atoms. The van der Waals surface area contributed by atoms with Gasteiger partial charge in [-0.05, 0) is 36.4 Å². The Labute approximate surface area is 123 Å². The van der Waals surface area contributed by atoms with E-state index in [2.05, 4.69) is 10.3 Å². The van der Waals surface area contributed by atoms with Crippen LogP contribution in [0.4, 0.5) is 5.69 Å². The Balaban J connectivity index is 1.75. The maximum atomic E-state index is 12.0. The van der Waals surface area contributed by atoms with Crippen molar-refractivity contribution in [1.29, 1.82) is 0 Å². The molecule has 0 unspecified atom stereocenters. The van der Waals surface area contributed by atoms with E-state index < -0.39 is 0 Å². The van der Waals surface area contributed by atoms with Crippen LogP contribution in [0.3, 0.4) is 0 Å². The highest BCUT2D eigenvalue weighted by Gasteiger charge is 2.05. The summed E-state index contributed by atoms with van der Waals surface area (Å²) in [7, 11) is 0. The average Bonchev–Trinajstić information content (AvgIpc) is 2.57. The summed E-state index contributed by atoms with van der Waals surface area (Å²) in [6.45, 7) is 0. The number of amides is 1. The first kappa shape index (κ1) is 13.1. The maximum Gasteiger partial charge on any atom is 0.255 e. The van der Waals surface area contributed by atoms with Crippen LogP contribution in [-0.2, 0) is 0 Å². The third-order valence-corrected chi connectivity index (χ3v) is 3.14. The minimum Gasteiger partial charge on any atom is -0.322 e. The van der Waals surface area contributed by atoms with E-state index in [1.165, 1.54) is 0 Å². The van der Waals surface area contributed by atoms with E-state index in [1.54, 1.807) is 18.3 Å². The molecule has 1 N–H and O–H groups in total. The third kappa shape index (κ3) is 3.15. The molecule has 1 aromatic heterocycles. The number of aromatic nitrogens is 1. The van der Waals surface area contributed by atoms with Gasteiger partial charge in [0.05, 0.1) is 5.69 Å². The number of benzene rings is 2. The first-order chi connectivity index (χ1) is 10.3. The molecule has 0 saturated heterocycles. The summed E-state index contributed by atoms with van der Waals surface area (Å²) in [6, 6.07) is 22.6. The second-order valence-electron chi connectivity index (χ2n) is 4.61. The molecule has 21 heavy (non-hydrogen) atoms. The Morgan fingerprint density at radius 3 is 2.19 bits per heavy atom. The van der Waals surface area contributed by atoms with Gasteiger partial charge in [0.1, 0.15) is 0 Å². The van der Waals surface area contributed by atoms with Crippen LogP contribution in [0.15, 0.2) is 79.0 Å². The number of carbonyl (C=O) groups excluding carboxylic acids is 1. The molecule has 0 spiro atoms. The van der Waals surface area contributed by atoms with Gasteiger partial charge in [0.15, 0.2) is 0 Å². The monoisotopic (exact) mass is 274 g/mol. The van der Waals surface area contributed by atoms with Crippen LogP contribution < -0.4 is 5.32 Å². The molecular weight excluding hydrogens is 260 g/mol. The van der Waals surface area contributed by atoms with E-state index in [1.807, 2.05) is 60.7 Å². The third-order valence-electron chi connectivity index (χ3n) is 3.14. The van der Waals surface area contributed by atoms with Gasteiger partial charge in [0, 0.05) is 23.0 Å². The quantitative estimate of drug-likeness (QED) is 0.784. The molecule has 0 saturated carbocycles. The molecule has 0 fully saturated rings. The summed E-state index contributed by atoms with van der Waals surface area (Å²) in [6.07, 6.45) is 1.76. The van der Waals surface area contributed by atoms with E-state index in [0.29, 0.717) is 5.56 Å². The highest BCUT2D eigenvalue weighted by molar-refractivity contribution is 6.04. The van der Waals surface area contributed by atoms with Gasteiger partial charge in [-0.2, -0.15) is 0 Å². The molecule has 0 aliphatic carbocycles. The predicted octanol–water partition coefficient (Wildman–Crippen LogP) is 4.00. The second kappa shape index (κ2) is 6.01. The zero-order chi connectivity index (χ0) is 14.5. The van der Waals surface area contributed by atoms with Crippen molar-refractivity contribution in [1.82, 2.24) is 4.98 Å². The Bertz CT molecular complexity index is 722. The lowest BCUT2D eigenvalue weighted by Crippen LogP contribution is -2.11. The van der Waals surface area contributed by atoms with Gasteiger partial charge in [-0.25, -0.2) is 0 Å². The molecular formula is C18H14N2O.